The van der Waals surface area contributed by atoms with Gasteiger partial charge in [-0.1, -0.05) is 30.3 Å². The van der Waals surface area contributed by atoms with Crippen LogP contribution in [0.2, 0.25) is 0 Å². The monoisotopic (exact) mass is 358 g/mol. The molecule has 0 bridgehead atoms. The second-order valence-electron chi connectivity index (χ2n) is 6.65. The second-order valence-corrected chi connectivity index (χ2v) is 6.65. The van der Waals surface area contributed by atoms with Crippen LogP contribution in [0.5, 0.6) is 5.75 Å². The third-order valence-electron chi connectivity index (χ3n) is 4.39. The number of para-hydroxylation sites is 1. The summed E-state index contributed by atoms with van der Waals surface area (Å²) in [6.45, 7) is 7.22. The number of nitrogens with one attached hydrogen (secondary N) is 1. The van der Waals surface area contributed by atoms with E-state index >= 15 is 0 Å². The predicted molar refractivity (Wildman–Crippen MR) is 102 cm³/mol. The van der Waals surface area contributed by atoms with Crippen molar-refractivity contribution < 1.29 is 13.9 Å². The van der Waals surface area contributed by atoms with Gasteiger partial charge in [0, 0.05) is 6.54 Å². The van der Waals surface area contributed by atoms with E-state index in [9.17, 15) is 9.18 Å². The maximum atomic E-state index is 13.5. The van der Waals surface area contributed by atoms with Crippen molar-refractivity contribution in [2.75, 3.05) is 26.7 Å². The van der Waals surface area contributed by atoms with Crippen LogP contribution in [0.1, 0.15) is 29.7 Å². The lowest BCUT2D eigenvalue weighted by atomic mass is 10.0. The van der Waals surface area contributed by atoms with Gasteiger partial charge in [-0.3, -0.25) is 9.69 Å². The van der Waals surface area contributed by atoms with Crippen LogP contribution < -0.4 is 10.1 Å². The summed E-state index contributed by atoms with van der Waals surface area (Å²) in [4.78, 5) is 14.1. The summed E-state index contributed by atoms with van der Waals surface area (Å²) >= 11 is 0. The van der Waals surface area contributed by atoms with Crippen LogP contribution in [-0.4, -0.2) is 37.6 Å². The van der Waals surface area contributed by atoms with E-state index in [4.69, 9.17) is 4.74 Å². The van der Waals surface area contributed by atoms with E-state index < -0.39 is 0 Å². The molecular formula is C21H27FN2O2. The highest BCUT2D eigenvalue weighted by Gasteiger charge is 2.12. The number of ether oxygens (including phenoxy) is 1. The lowest BCUT2D eigenvalue weighted by Crippen LogP contribution is -2.38. The summed E-state index contributed by atoms with van der Waals surface area (Å²) in [7, 11) is 1.84. The minimum absolute atomic E-state index is 0.0511. The number of carbonyl (C=O) groups is 1. The van der Waals surface area contributed by atoms with Crippen molar-refractivity contribution in [3.05, 3.63) is 65.0 Å². The number of amides is 1. The molecule has 0 fully saturated rings. The Morgan fingerprint density at radius 3 is 2.62 bits per heavy atom. The lowest BCUT2D eigenvalue weighted by Gasteiger charge is -2.20. The molecule has 0 saturated heterocycles. The van der Waals surface area contributed by atoms with E-state index in [1.54, 1.807) is 18.2 Å². The summed E-state index contributed by atoms with van der Waals surface area (Å²) < 4.78 is 18.9. The first-order valence-electron chi connectivity index (χ1n) is 8.79. The first-order valence-corrected chi connectivity index (χ1v) is 8.79. The number of hydrogen-bond donors (Lipinski definition) is 1. The number of benzene rings is 2. The molecule has 1 N–H and O–H groups in total. The van der Waals surface area contributed by atoms with E-state index in [1.807, 2.05) is 24.9 Å². The van der Waals surface area contributed by atoms with Crippen LogP contribution in [0.15, 0.2) is 42.5 Å². The molecule has 26 heavy (non-hydrogen) atoms. The summed E-state index contributed by atoms with van der Waals surface area (Å²) in [6, 6.07) is 12.5. The van der Waals surface area contributed by atoms with Gasteiger partial charge in [0.25, 0.3) is 0 Å². The molecule has 0 saturated carbocycles. The maximum absolute atomic E-state index is 13.5. The predicted octanol–water partition coefficient (Wildman–Crippen LogP) is 3.63. The Labute approximate surface area is 155 Å². The minimum atomic E-state index is -0.380. The molecule has 5 heteroatoms. The maximum Gasteiger partial charge on any atom is 0.234 e. The Morgan fingerprint density at radius 1 is 1.19 bits per heavy atom. The number of halogens is 1. The molecule has 140 valence electrons. The van der Waals surface area contributed by atoms with Gasteiger partial charge >= 0.3 is 0 Å². The molecule has 0 aliphatic rings. The summed E-state index contributed by atoms with van der Waals surface area (Å²) in [5.41, 5.74) is 3.54. The zero-order valence-corrected chi connectivity index (χ0v) is 15.9. The molecule has 4 nitrogen and oxygen atoms in total. The van der Waals surface area contributed by atoms with Crippen LogP contribution in [0.4, 0.5) is 4.39 Å². The molecule has 0 heterocycles. The van der Waals surface area contributed by atoms with E-state index in [1.165, 1.54) is 17.2 Å². The van der Waals surface area contributed by atoms with Crippen molar-refractivity contribution in [1.29, 1.82) is 0 Å². The van der Waals surface area contributed by atoms with Crippen molar-refractivity contribution in [1.82, 2.24) is 10.2 Å². The van der Waals surface area contributed by atoms with Crippen LogP contribution in [0.3, 0.4) is 0 Å². The number of nitrogens with zero attached hydrogens (tertiary/aromatic N) is 1. The lowest BCUT2D eigenvalue weighted by molar-refractivity contribution is -0.122. The van der Waals surface area contributed by atoms with Gasteiger partial charge in [0.1, 0.15) is 6.61 Å². The van der Waals surface area contributed by atoms with Gasteiger partial charge in [0.05, 0.1) is 12.6 Å². The third-order valence-corrected chi connectivity index (χ3v) is 4.39. The quantitative estimate of drug-likeness (QED) is 0.783. The minimum Gasteiger partial charge on any atom is -0.489 e. The number of rotatable bonds is 8. The van der Waals surface area contributed by atoms with Crippen molar-refractivity contribution in [3.63, 3.8) is 0 Å². The van der Waals surface area contributed by atoms with E-state index in [0.29, 0.717) is 13.2 Å². The molecule has 2 rings (SSSR count). The Hall–Kier alpha value is -2.40. The number of aryl methyl sites for hydroxylation is 2. The molecule has 0 aliphatic heterocycles. The molecular weight excluding hydrogens is 331 g/mol. The first-order chi connectivity index (χ1) is 12.4. The molecule has 1 unspecified atom stereocenters. The molecule has 2 aromatic carbocycles. The Bertz CT molecular complexity index is 749. The van der Waals surface area contributed by atoms with Crippen LogP contribution in [0, 0.1) is 19.7 Å². The van der Waals surface area contributed by atoms with Crippen LogP contribution >= 0.6 is 0 Å². The standard InChI is InChI=1S/C21H27FN2O2/c1-15-9-10-18(13-16(15)2)17(3)23-21(25)14-24(4)11-12-26-20-8-6-5-7-19(20)22/h5-10,13,17H,11-12,14H2,1-4H3,(H,23,25). The van der Waals surface area contributed by atoms with E-state index in [2.05, 4.69) is 31.3 Å². The molecule has 1 atom stereocenters. The van der Waals surface area contributed by atoms with Crippen LogP contribution in [-0.2, 0) is 4.79 Å². The largest absolute Gasteiger partial charge is 0.489 e. The molecule has 0 aliphatic carbocycles. The van der Waals surface area contributed by atoms with E-state index in [0.717, 1.165) is 5.56 Å². The average molecular weight is 358 g/mol. The molecule has 0 spiro atoms. The Morgan fingerprint density at radius 2 is 1.92 bits per heavy atom. The number of carbonyl (C=O) groups excluding carboxylic acids is 1. The van der Waals surface area contributed by atoms with Gasteiger partial charge < -0.3 is 10.1 Å². The van der Waals surface area contributed by atoms with Gasteiger partial charge in [0.15, 0.2) is 11.6 Å². The van der Waals surface area contributed by atoms with Gasteiger partial charge in [-0.05, 0) is 56.6 Å². The topological polar surface area (TPSA) is 41.6 Å². The summed E-state index contributed by atoms with van der Waals surface area (Å²) in [5, 5.41) is 3.01. The number of likely N-dealkylation sites (N-methyl/N-ethyl adjacent to an activating group) is 1. The first kappa shape index (κ1) is 19.9. The molecule has 2 aromatic rings. The van der Waals surface area contributed by atoms with Gasteiger partial charge in [-0.15, -0.1) is 0 Å². The highest BCUT2D eigenvalue weighted by molar-refractivity contribution is 5.78. The van der Waals surface area contributed by atoms with E-state index in [-0.39, 0.29) is 30.1 Å². The molecule has 0 aromatic heterocycles. The number of hydrogen-bond acceptors (Lipinski definition) is 3. The molecule has 0 radical (unpaired) electrons. The summed E-state index contributed by atoms with van der Waals surface area (Å²) in [5.74, 6) is -0.201. The highest BCUT2D eigenvalue weighted by atomic mass is 19.1. The fourth-order valence-electron chi connectivity index (χ4n) is 2.60. The normalized spacial score (nSPS) is 12.1. The van der Waals surface area contributed by atoms with Gasteiger partial charge in [0.2, 0.25) is 5.91 Å². The Kier molecular flexibility index (Phi) is 7.16. The second kappa shape index (κ2) is 9.34. The fraction of sp³-hybridized carbons (Fsp3) is 0.381. The SMILES string of the molecule is Cc1ccc(C(C)NC(=O)CN(C)CCOc2ccccc2F)cc1C. The third kappa shape index (κ3) is 5.85. The van der Waals surface area contributed by atoms with Crippen molar-refractivity contribution in [3.8, 4) is 5.75 Å². The van der Waals surface area contributed by atoms with Crippen molar-refractivity contribution in [2.24, 2.45) is 0 Å². The average Bonchev–Trinajstić information content (AvgIpc) is 2.58. The van der Waals surface area contributed by atoms with Crippen molar-refractivity contribution in [2.45, 2.75) is 26.8 Å². The Balaban J connectivity index is 1.76. The van der Waals surface area contributed by atoms with Crippen LogP contribution in [0.25, 0.3) is 0 Å². The van der Waals surface area contributed by atoms with Crippen molar-refractivity contribution >= 4 is 5.91 Å². The zero-order valence-electron chi connectivity index (χ0n) is 15.9. The molecule has 1 amide bonds. The summed E-state index contributed by atoms with van der Waals surface area (Å²) in [6.07, 6.45) is 0. The highest BCUT2D eigenvalue weighted by Crippen LogP contribution is 2.17. The zero-order chi connectivity index (χ0) is 19.1. The smallest absolute Gasteiger partial charge is 0.234 e. The van der Waals surface area contributed by atoms with Gasteiger partial charge in [-0.2, -0.15) is 0 Å². The van der Waals surface area contributed by atoms with Gasteiger partial charge in [-0.25, -0.2) is 4.39 Å². The fourth-order valence-corrected chi connectivity index (χ4v) is 2.60.